The molecule has 0 aromatic carbocycles. The summed E-state index contributed by atoms with van der Waals surface area (Å²) < 4.78 is 18.0. The number of carbonyl (C=O) groups is 1. The maximum Gasteiger partial charge on any atom is 0.234 e. The van der Waals surface area contributed by atoms with Crippen molar-refractivity contribution >= 4 is 5.91 Å². The van der Waals surface area contributed by atoms with Crippen LogP contribution in [0.1, 0.15) is 73.6 Å². The van der Waals surface area contributed by atoms with E-state index in [2.05, 4.69) is 61.6 Å². The molecule has 8 heteroatoms. The van der Waals surface area contributed by atoms with Gasteiger partial charge in [0.2, 0.25) is 5.91 Å². The van der Waals surface area contributed by atoms with Crippen LogP contribution in [0, 0.1) is 5.41 Å². The fourth-order valence-corrected chi connectivity index (χ4v) is 5.23. The molecule has 8 nitrogen and oxygen atoms in total. The van der Waals surface area contributed by atoms with Gasteiger partial charge in [-0.05, 0) is 58.3 Å². The molecule has 2 heterocycles. The Kier molecular flexibility index (Phi) is 12.1. The van der Waals surface area contributed by atoms with Gasteiger partial charge < -0.3 is 24.4 Å². The predicted molar refractivity (Wildman–Crippen MR) is 149 cm³/mol. The van der Waals surface area contributed by atoms with Crippen LogP contribution in [0.15, 0.2) is 0 Å². The van der Waals surface area contributed by atoms with Crippen LogP contribution < -0.4 is 5.32 Å². The number of amides is 1. The Morgan fingerprint density at radius 1 is 0.811 bits per heavy atom. The Bertz CT molecular complexity index is 656. The van der Waals surface area contributed by atoms with E-state index in [0.717, 1.165) is 104 Å². The molecule has 0 aromatic heterocycles. The molecule has 1 saturated carbocycles. The zero-order valence-corrected chi connectivity index (χ0v) is 24.7. The van der Waals surface area contributed by atoms with Crippen LogP contribution in [0.5, 0.6) is 0 Å². The summed E-state index contributed by atoms with van der Waals surface area (Å²) in [4.78, 5) is 19.8. The monoisotopic (exact) mass is 524 g/mol. The maximum atomic E-state index is 12.5. The van der Waals surface area contributed by atoms with Crippen molar-refractivity contribution in [3.05, 3.63) is 0 Å². The molecule has 1 aliphatic carbocycles. The number of hydrogen-bond donors (Lipinski definition) is 1. The minimum Gasteiger partial charge on any atom is -0.381 e. The second-order valence-electron chi connectivity index (χ2n) is 13.6. The Hall–Kier alpha value is -0.770. The van der Waals surface area contributed by atoms with Gasteiger partial charge in [-0.25, -0.2) is 0 Å². The predicted octanol–water partition coefficient (Wildman–Crippen LogP) is 3.00. The van der Waals surface area contributed by atoms with Crippen molar-refractivity contribution in [2.24, 2.45) is 5.41 Å². The summed E-state index contributed by atoms with van der Waals surface area (Å²) >= 11 is 0. The highest BCUT2D eigenvalue weighted by Crippen LogP contribution is 2.27. The molecule has 0 spiro atoms. The number of ether oxygens (including phenoxy) is 3. The van der Waals surface area contributed by atoms with E-state index in [1.54, 1.807) is 0 Å². The SMILES string of the molecule is CC(C)(C)COCCCN1CCC(OC2CC(NC(=O)CN3CCN(CCOC(C)(C)C)CC3)C2)CC1. The average molecular weight is 525 g/mol. The fourth-order valence-electron chi connectivity index (χ4n) is 5.23. The van der Waals surface area contributed by atoms with E-state index in [4.69, 9.17) is 14.2 Å². The zero-order chi connectivity index (χ0) is 26.9. The van der Waals surface area contributed by atoms with E-state index >= 15 is 0 Å². The molecular weight excluding hydrogens is 468 g/mol. The lowest BCUT2D eigenvalue weighted by molar-refractivity contribution is -0.127. The highest BCUT2D eigenvalue weighted by Gasteiger charge is 2.34. The molecule has 216 valence electrons. The third-order valence-electron chi connectivity index (χ3n) is 7.45. The van der Waals surface area contributed by atoms with Crippen LogP contribution in [0.25, 0.3) is 0 Å². The van der Waals surface area contributed by atoms with Crippen molar-refractivity contribution in [3.63, 3.8) is 0 Å². The summed E-state index contributed by atoms with van der Waals surface area (Å²) in [7, 11) is 0. The quantitative estimate of drug-likeness (QED) is 0.372. The lowest BCUT2D eigenvalue weighted by Crippen LogP contribution is -2.54. The molecule has 0 atom stereocenters. The number of piperazine rings is 1. The molecule has 3 rings (SSSR count). The molecule has 0 unspecified atom stereocenters. The standard InChI is InChI=1S/C29H56N4O4/c1-28(2,3)23-35-18-7-10-31-11-8-25(9-12-31)37-26-20-24(21-26)30-27(34)22-33-15-13-32(14-16-33)17-19-36-29(4,5)6/h24-26H,7-23H2,1-6H3,(H,30,34). The van der Waals surface area contributed by atoms with Gasteiger partial charge >= 0.3 is 0 Å². The Morgan fingerprint density at radius 3 is 2.05 bits per heavy atom. The topological polar surface area (TPSA) is 66.5 Å². The van der Waals surface area contributed by atoms with E-state index in [-0.39, 0.29) is 23.0 Å². The summed E-state index contributed by atoms with van der Waals surface area (Å²) in [6, 6.07) is 0.279. The van der Waals surface area contributed by atoms with Crippen molar-refractivity contribution in [2.75, 3.05) is 78.7 Å². The maximum absolute atomic E-state index is 12.5. The molecule has 3 fully saturated rings. The number of carbonyl (C=O) groups excluding carboxylic acids is 1. The third-order valence-corrected chi connectivity index (χ3v) is 7.45. The Balaban J connectivity index is 1.17. The molecule has 1 N–H and O–H groups in total. The third kappa shape index (κ3) is 12.8. The summed E-state index contributed by atoms with van der Waals surface area (Å²) in [5.74, 6) is 0.160. The number of nitrogens with zero attached hydrogens (tertiary/aromatic N) is 3. The van der Waals surface area contributed by atoms with Crippen molar-refractivity contribution in [1.82, 2.24) is 20.0 Å². The lowest BCUT2D eigenvalue weighted by Gasteiger charge is -2.40. The van der Waals surface area contributed by atoms with Gasteiger partial charge in [-0.3, -0.25) is 14.6 Å². The molecule has 0 radical (unpaired) electrons. The lowest BCUT2D eigenvalue weighted by atomic mass is 9.88. The number of nitrogens with one attached hydrogen (secondary N) is 1. The number of rotatable bonds is 13. The summed E-state index contributed by atoms with van der Waals surface area (Å²) in [6.45, 7) is 24.1. The second kappa shape index (κ2) is 14.6. The highest BCUT2D eigenvalue weighted by molar-refractivity contribution is 5.78. The van der Waals surface area contributed by atoms with Gasteiger partial charge in [-0.15, -0.1) is 0 Å². The van der Waals surface area contributed by atoms with E-state index < -0.39 is 0 Å². The first-order valence-electron chi connectivity index (χ1n) is 14.8. The average Bonchev–Trinajstić information content (AvgIpc) is 2.78. The molecule has 0 bridgehead atoms. The number of piperidine rings is 1. The van der Waals surface area contributed by atoms with Gasteiger partial charge in [0.25, 0.3) is 0 Å². The minimum absolute atomic E-state index is 0.0787. The van der Waals surface area contributed by atoms with Gasteiger partial charge in [0, 0.05) is 65.0 Å². The van der Waals surface area contributed by atoms with Crippen molar-refractivity contribution < 1.29 is 19.0 Å². The second-order valence-corrected chi connectivity index (χ2v) is 13.6. The zero-order valence-electron chi connectivity index (χ0n) is 24.7. The van der Waals surface area contributed by atoms with Crippen LogP contribution in [0.4, 0.5) is 0 Å². The van der Waals surface area contributed by atoms with E-state index in [9.17, 15) is 4.79 Å². The smallest absolute Gasteiger partial charge is 0.234 e. The molecule has 2 aliphatic heterocycles. The van der Waals surface area contributed by atoms with Crippen LogP contribution >= 0.6 is 0 Å². The Labute approximate surface area is 226 Å². The normalized spacial score (nSPS) is 25.2. The van der Waals surface area contributed by atoms with Crippen molar-refractivity contribution in [2.45, 2.75) is 97.5 Å². The van der Waals surface area contributed by atoms with Gasteiger partial charge in [0.05, 0.1) is 37.6 Å². The molecule has 3 aliphatic rings. The van der Waals surface area contributed by atoms with Crippen LogP contribution in [-0.2, 0) is 19.0 Å². The summed E-state index contributed by atoms with van der Waals surface area (Å²) in [5, 5.41) is 3.23. The molecule has 2 saturated heterocycles. The molecular formula is C29H56N4O4. The fraction of sp³-hybridized carbons (Fsp3) is 0.966. The van der Waals surface area contributed by atoms with Gasteiger partial charge in [-0.2, -0.15) is 0 Å². The van der Waals surface area contributed by atoms with Crippen LogP contribution in [0.2, 0.25) is 0 Å². The Morgan fingerprint density at radius 2 is 1.43 bits per heavy atom. The number of likely N-dealkylation sites (tertiary alicyclic amines) is 1. The van der Waals surface area contributed by atoms with Gasteiger partial charge in [0.1, 0.15) is 0 Å². The van der Waals surface area contributed by atoms with Crippen molar-refractivity contribution in [1.29, 1.82) is 0 Å². The van der Waals surface area contributed by atoms with E-state index in [1.165, 1.54) is 0 Å². The van der Waals surface area contributed by atoms with Gasteiger partial charge in [0.15, 0.2) is 0 Å². The summed E-state index contributed by atoms with van der Waals surface area (Å²) in [5.41, 5.74) is 0.168. The molecule has 1 amide bonds. The van der Waals surface area contributed by atoms with Crippen LogP contribution in [0.3, 0.4) is 0 Å². The van der Waals surface area contributed by atoms with Gasteiger partial charge in [-0.1, -0.05) is 20.8 Å². The largest absolute Gasteiger partial charge is 0.381 e. The van der Waals surface area contributed by atoms with Crippen LogP contribution in [-0.4, -0.2) is 123 Å². The first kappa shape index (κ1) is 30.8. The van der Waals surface area contributed by atoms with Crippen molar-refractivity contribution in [3.8, 4) is 0 Å². The van der Waals surface area contributed by atoms with E-state index in [0.29, 0.717) is 18.8 Å². The first-order valence-corrected chi connectivity index (χ1v) is 14.8. The minimum atomic E-state index is -0.0787. The first-order chi connectivity index (χ1) is 17.4. The summed E-state index contributed by atoms with van der Waals surface area (Å²) in [6.07, 6.45) is 5.94. The number of hydrogen-bond acceptors (Lipinski definition) is 7. The van der Waals surface area contributed by atoms with E-state index in [1.807, 2.05) is 0 Å². The molecule has 0 aromatic rings. The molecule has 37 heavy (non-hydrogen) atoms. The highest BCUT2D eigenvalue weighted by atomic mass is 16.5.